The highest BCUT2D eigenvalue weighted by atomic mass is 16.7. The van der Waals surface area contributed by atoms with Gasteiger partial charge in [0.15, 0.2) is 0 Å². The average molecular weight is 239 g/mol. The van der Waals surface area contributed by atoms with Gasteiger partial charge in [-0.2, -0.15) is 0 Å². The van der Waals surface area contributed by atoms with Gasteiger partial charge in [0.2, 0.25) is 5.91 Å². The summed E-state index contributed by atoms with van der Waals surface area (Å²) in [7, 11) is 0. The fourth-order valence-corrected chi connectivity index (χ4v) is 2.32. The van der Waals surface area contributed by atoms with Crippen LogP contribution in [-0.2, 0) is 14.4 Å². The predicted octanol–water partition coefficient (Wildman–Crippen LogP) is 1.21. The number of carbonyl (C=O) groups excluding carboxylic acids is 1. The maximum Gasteiger partial charge on any atom is 0.307 e. The van der Waals surface area contributed by atoms with E-state index in [9.17, 15) is 9.59 Å². The first-order valence-electron chi connectivity index (χ1n) is 6.02. The minimum absolute atomic E-state index is 0.179. The van der Waals surface area contributed by atoms with Crippen molar-refractivity contribution in [3.63, 3.8) is 0 Å². The number of aliphatic carboxylic acids is 1. The molecule has 0 spiro atoms. The number of carboxylic acids is 1. The Morgan fingerprint density at radius 1 is 1.18 bits per heavy atom. The summed E-state index contributed by atoms with van der Waals surface area (Å²) in [5.74, 6) is -2.17. The van der Waals surface area contributed by atoms with Gasteiger partial charge in [0.25, 0.3) is 0 Å². The third-order valence-corrected chi connectivity index (χ3v) is 3.32. The summed E-state index contributed by atoms with van der Waals surface area (Å²) in [4.78, 5) is 28.6. The van der Waals surface area contributed by atoms with Gasteiger partial charge in [-0.1, -0.05) is 12.2 Å². The van der Waals surface area contributed by atoms with Crippen LogP contribution < -0.4 is 0 Å². The monoisotopic (exact) mass is 239 g/mol. The standard InChI is InChI=1S/C12H17NO4/c14-11(13-7-3-4-8-17-13)9-5-1-2-6-10(9)12(15)16/h1-2,9-10H,3-8H2,(H,15,16). The Morgan fingerprint density at radius 2 is 1.88 bits per heavy atom. The number of rotatable bonds is 2. The van der Waals surface area contributed by atoms with E-state index >= 15 is 0 Å². The molecule has 2 atom stereocenters. The molecule has 5 heteroatoms. The third-order valence-electron chi connectivity index (χ3n) is 3.32. The second-order valence-corrected chi connectivity index (χ2v) is 4.47. The summed E-state index contributed by atoms with van der Waals surface area (Å²) in [6, 6.07) is 0. The van der Waals surface area contributed by atoms with Gasteiger partial charge in [-0.3, -0.25) is 14.4 Å². The van der Waals surface area contributed by atoms with Crippen LogP contribution in [0.1, 0.15) is 25.7 Å². The number of hydrogen-bond donors (Lipinski definition) is 1. The van der Waals surface area contributed by atoms with E-state index in [1.54, 1.807) is 0 Å². The van der Waals surface area contributed by atoms with Crippen LogP contribution in [0.2, 0.25) is 0 Å². The Bertz CT molecular complexity index is 333. The van der Waals surface area contributed by atoms with Crippen molar-refractivity contribution < 1.29 is 19.5 Å². The molecule has 0 radical (unpaired) electrons. The van der Waals surface area contributed by atoms with Gasteiger partial charge in [-0.05, 0) is 25.7 Å². The van der Waals surface area contributed by atoms with Crippen molar-refractivity contribution in [1.82, 2.24) is 5.06 Å². The smallest absolute Gasteiger partial charge is 0.307 e. The van der Waals surface area contributed by atoms with E-state index in [1.807, 2.05) is 12.2 Å². The van der Waals surface area contributed by atoms with Gasteiger partial charge in [-0.15, -0.1) is 0 Å². The van der Waals surface area contributed by atoms with E-state index in [4.69, 9.17) is 9.94 Å². The van der Waals surface area contributed by atoms with Crippen molar-refractivity contribution in [2.45, 2.75) is 25.7 Å². The molecule has 2 unspecified atom stereocenters. The number of hydrogen-bond acceptors (Lipinski definition) is 3. The lowest BCUT2D eigenvalue weighted by molar-refractivity contribution is -0.203. The largest absolute Gasteiger partial charge is 0.481 e. The zero-order chi connectivity index (χ0) is 12.3. The van der Waals surface area contributed by atoms with Crippen molar-refractivity contribution in [2.75, 3.05) is 13.2 Å². The van der Waals surface area contributed by atoms with Gasteiger partial charge in [-0.25, -0.2) is 5.06 Å². The lowest BCUT2D eigenvalue weighted by Crippen LogP contribution is -2.43. The minimum Gasteiger partial charge on any atom is -0.481 e. The number of nitrogens with zero attached hydrogens (tertiary/aromatic N) is 1. The van der Waals surface area contributed by atoms with Crippen molar-refractivity contribution in [1.29, 1.82) is 0 Å². The Morgan fingerprint density at radius 3 is 2.47 bits per heavy atom. The molecule has 1 aliphatic carbocycles. The Kier molecular flexibility index (Phi) is 3.78. The summed E-state index contributed by atoms with van der Waals surface area (Å²) < 4.78 is 0. The van der Waals surface area contributed by atoms with Crippen LogP contribution in [0, 0.1) is 11.8 Å². The quantitative estimate of drug-likeness (QED) is 0.735. The topological polar surface area (TPSA) is 66.8 Å². The highest BCUT2D eigenvalue weighted by Crippen LogP contribution is 2.28. The zero-order valence-electron chi connectivity index (χ0n) is 9.67. The number of allylic oxidation sites excluding steroid dienone is 2. The number of carbonyl (C=O) groups is 2. The molecule has 2 rings (SSSR count). The van der Waals surface area contributed by atoms with Crippen LogP contribution in [0.3, 0.4) is 0 Å². The molecule has 1 saturated heterocycles. The molecule has 2 aliphatic rings. The molecular weight excluding hydrogens is 222 g/mol. The molecule has 1 fully saturated rings. The SMILES string of the molecule is O=C(O)C1CC=CCC1C(=O)N1CCCCO1. The lowest BCUT2D eigenvalue weighted by Gasteiger charge is -2.32. The van der Waals surface area contributed by atoms with Crippen molar-refractivity contribution in [3.05, 3.63) is 12.2 Å². The van der Waals surface area contributed by atoms with Gasteiger partial charge >= 0.3 is 5.97 Å². The first-order chi connectivity index (χ1) is 8.20. The molecule has 0 aromatic carbocycles. The number of amides is 1. The molecule has 0 bridgehead atoms. The zero-order valence-corrected chi connectivity index (χ0v) is 9.67. The summed E-state index contributed by atoms with van der Waals surface area (Å²) >= 11 is 0. The molecule has 1 amide bonds. The van der Waals surface area contributed by atoms with Crippen LogP contribution in [0.15, 0.2) is 12.2 Å². The minimum atomic E-state index is -0.898. The lowest BCUT2D eigenvalue weighted by atomic mass is 9.82. The van der Waals surface area contributed by atoms with E-state index in [1.165, 1.54) is 5.06 Å². The maximum atomic E-state index is 12.2. The first-order valence-corrected chi connectivity index (χ1v) is 6.02. The molecule has 17 heavy (non-hydrogen) atoms. The highest BCUT2D eigenvalue weighted by Gasteiger charge is 2.37. The van der Waals surface area contributed by atoms with Crippen LogP contribution >= 0.6 is 0 Å². The summed E-state index contributed by atoms with van der Waals surface area (Å²) in [6.07, 6.45) is 6.52. The van der Waals surface area contributed by atoms with E-state index in [-0.39, 0.29) is 5.91 Å². The molecule has 0 saturated carbocycles. The average Bonchev–Trinajstić information content (AvgIpc) is 2.39. The summed E-state index contributed by atoms with van der Waals surface area (Å²) in [6.45, 7) is 1.12. The molecule has 1 heterocycles. The molecule has 1 N–H and O–H groups in total. The summed E-state index contributed by atoms with van der Waals surface area (Å²) in [5, 5.41) is 10.5. The van der Waals surface area contributed by atoms with Gasteiger partial charge < -0.3 is 5.11 Å². The second-order valence-electron chi connectivity index (χ2n) is 4.47. The predicted molar refractivity (Wildman–Crippen MR) is 59.9 cm³/mol. The van der Waals surface area contributed by atoms with Gasteiger partial charge in [0.05, 0.1) is 18.4 Å². The second kappa shape index (κ2) is 5.31. The van der Waals surface area contributed by atoms with Crippen molar-refractivity contribution in [3.8, 4) is 0 Å². The third kappa shape index (κ3) is 2.66. The fourth-order valence-electron chi connectivity index (χ4n) is 2.32. The van der Waals surface area contributed by atoms with E-state index in [2.05, 4.69) is 0 Å². The Balaban J connectivity index is 2.05. The normalized spacial score (nSPS) is 29.1. The van der Waals surface area contributed by atoms with Crippen molar-refractivity contribution in [2.24, 2.45) is 11.8 Å². The van der Waals surface area contributed by atoms with Crippen LogP contribution in [0.25, 0.3) is 0 Å². The number of hydroxylamine groups is 2. The van der Waals surface area contributed by atoms with Gasteiger partial charge in [0, 0.05) is 6.54 Å². The van der Waals surface area contributed by atoms with Gasteiger partial charge in [0.1, 0.15) is 0 Å². The Labute approximate surface area is 100.0 Å². The van der Waals surface area contributed by atoms with Crippen LogP contribution in [0.5, 0.6) is 0 Å². The molecule has 5 nitrogen and oxygen atoms in total. The summed E-state index contributed by atoms with van der Waals surface area (Å²) in [5.41, 5.74) is 0. The Hall–Kier alpha value is -1.36. The molecular formula is C12H17NO4. The first kappa shape index (κ1) is 12.1. The van der Waals surface area contributed by atoms with Crippen molar-refractivity contribution >= 4 is 11.9 Å². The van der Waals surface area contributed by atoms with Crippen LogP contribution in [0.4, 0.5) is 0 Å². The molecule has 94 valence electrons. The molecule has 0 aromatic rings. The van der Waals surface area contributed by atoms with E-state index < -0.39 is 17.8 Å². The van der Waals surface area contributed by atoms with E-state index in [0.29, 0.717) is 26.0 Å². The number of carboxylic acid groups (broad SMARTS) is 1. The molecule has 1 aliphatic heterocycles. The maximum absolute atomic E-state index is 12.2. The highest BCUT2D eigenvalue weighted by molar-refractivity contribution is 5.84. The molecule has 0 aromatic heterocycles. The van der Waals surface area contributed by atoms with Crippen LogP contribution in [-0.4, -0.2) is 35.2 Å². The fraction of sp³-hybridized carbons (Fsp3) is 0.667. The van der Waals surface area contributed by atoms with E-state index in [0.717, 1.165) is 12.8 Å².